The number of nitrogens with one attached hydrogen (secondary N) is 1. The van der Waals surface area contributed by atoms with E-state index in [-0.39, 0.29) is 12.0 Å². The van der Waals surface area contributed by atoms with Gasteiger partial charge in [-0.15, -0.1) is 0 Å². The summed E-state index contributed by atoms with van der Waals surface area (Å²) in [7, 11) is 0. The molecule has 0 bridgehead atoms. The minimum absolute atomic E-state index is 0.0585. The second kappa shape index (κ2) is 6.25. The summed E-state index contributed by atoms with van der Waals surface area (Å²) in [5.74, 6) is 0.772. The van der Waals surface area contributed by atoms with Crippen LogP contribution in [0, 0.1) is 11.3 Å². The molecular weight excluding hydrogens is 238 g/mol. The molecule has 3 nitrogen and oxygen atoms in total. The molecule has 0 amide bonds. The Bertz CT molecular complexity index is 308. The molecule has 1 saturated carbocycles. The lowest BCUT2D eigenvalue weighted by Gasteiger charge is -2.32. The maximum atomic E-state index is 12.1. The zero-order chi connectivity index (χ0) is 13.9. The first-order valence-electron chi connectivity index (χ1n) is 7.99. The highest BCUT2D eigenvalue weighted by Gasteiger charge is 2.43. The molecule has 3 heteroatoms. The van der Waals surface area contributed by atoms with Gasteiger partial charge < -0.3 is 10.1 Å². The Kier molecular flexibility index (Phi) is 4.88. The van der Waals surface area contributed by atoms with Crippen LogP contribution in [0.5, 0.6) is 0 Å². The first-order valence-corrected chi connectivity index (χ1v) is 7.99. The van der Waals surface area contributed by atoms with Crippen LogP contribution in [0.3, 0.4) is 0 Å². The van der Waals surface area contributed by atoms with Gasteiger partial charge in [0.05, 0.1) is 12.0 Å². The molecule has 1 aliphatic carbocycles. The summed E-state index contributed by atoms with van der Waals surface area (Å²) in [6.45, 7) is 6.39. The van der Waals surface area contributed by atoms with Crippen LogP contribution in [-0.4, -0.2) is 24.7 Å². The normalized spacial score (nSPS) is 29.4. The van der Waals surface area contributed by atoms with E-state index in [1.165, 1.54) is 38.5 Å². The second-order valence-corrected chi connectivity index (χ2v) is 6.74. The van der Waals surface area contributed by atoms with Gasteiger partial charge in [0.2, 0.25) is 0 Å². The SMILES string of the molecule is CCOC(=O)C(C)(C)[C@H]1CC[C@@H](C2CCCCC2)N1. The first-order chi connectivity index (χ1) is 9.05. The number of hydrogen-bond donors (Lipinski definition) is 1. The molecule has 1 N–H and O–H groups in total. The molecule has 0 aromatic heterocycles. The molecule has 2 atom stereocenters. The maximum absolute atomic E-state index is 12.1. The number of rotatable bonds is 4. The van der Waals surface area contributed by atoms with Gasteiger partial charge in [-0.2, -0.15) is 0 Å². The average Bonchev–Trinajstić information content (AvgIpc) is 2.90. The molecule has 1 aliphatic heterocycles. The number of hydrogen-bond acceptors (Lipinski definition) is 3. The summed E-state index contributed by atoms with van der Waals surface area (Å²) < 4.78 is 5.22. The van der Waals surface area contributed by atoms with E-state index in [0.29, 0.717) is 12.6 Å². The van der Waals surface area contributed by atoms with Crippen LogP contribution >= 0.6 is 0 Å². The molecule has 1 saturated heterocycles. The van der Waals surface area contributed by atoms with Crippen molar-refractivity contribution in [1.82, 2.24) is 5.32 Å². The monoisotopic (exact) mass is 267 g/mol. The minimum Gasteiger partial charge on any atom is -0.466 e. The lowest BCUT2D eigenvalue weighted by atomic mass is 9.83. The quantitative estimate of drug-likeness (QED) is 0.794. The van der Waals surface area contributed by atoms with E-state index >= 15 is 0 Å². The van der Waals surface area contributed by atoms with Gasteiger partial charge in [0.15, 0.2) is 0 Å². The zero-order valence-electron chi connectivity index (χ0n) is 12.7. The second-order valence-electron chi connectivity index (χ2n) is 6.74. The summed E-state index contributed by atoms with van der Waals surface area (Å²) in [5, 5.41) is 3.74. The molecule has 0 radical (unpaired) electrons. The van der Waals surface area contributed by atoms with E-state index in [9.17, 15) is 4.79 Å². The van der Waals surface area contributed by atoms with E-state index in [1.54, 1.807) is 0 Å². The van der Waals surface area contributed by atoms with Crippen molar-refractivity contribution < 1.29 is 9.53 Å². The van der Waals surface area contributed by atoms with Crippen molar-refractivity contribution >= 4 is 5.97 Å². The Labute approximate surface area is 117 Å². The van der Waals surface area contributed by atoms with Gasteiger partial charge >= 0.3 is 5.97 Å². The van der Waals surface area contributed by atoms with Crippen molar-refractivity contribution in [2.75, 3.05) is 6.61 Å². The summed E-state index contributed by atoms with van der Waals surface area (Å²) in [4.78, 5) is 12.1. The standard InChI is InChI=1S/C16H29NO2/c1-4-19-15(18)16(2,3)14-11-10-13(17-14)12-8-6-5-7-9-12/h12-14,17H,4-11H2,1-3H3/t13-,14+/m0/s1. The fourth-order valence-corrected chi connectivity index (χ4v) is 3.71. The van der Waals surface area contributed by atoms with Crippen LogP contribution in [0.1, 0.15) is 65.7 Å². The van der Waals surface area contributed by atoms with Gasteiger partial charge in [-0.1, -0.05) is 19.3 Å². The first kappa shape index (κ1) is 14.8. The highest BCUT2D eigenvalue weighted by Crippen LogP contribution is 2.36. The minimum atomic E-state index is -0.403. The molecule has 110 valence electrons. The van der Waals surface area contributed by atoms with Crippen molar-refractivity contribution in [1.29, 1.82) is 0 Å². The van der Waals surface area contributed by atoms with Crippen molar-refractivity contribution in [3.05, 3.63) is 0 Å². The molecule has 0 spiro atoms. The van der Waals surface area contributed by atoms with Crippen LogP contribution in [0.15, 0.2) is 0 Å². The summed E-state index contributed by atoms with van der Waals surface area (Å²) in [6.07, 6.45) is 9.23. The predicted octanol–water partition coefficient (Wildman–Crippen LogP) is 3.28. The Morgan fingerprint density at radius 3 is 2.47 bits per heavy atom. The third kappa shape index (κ3) is 3.31. The van der Waals surface area contributed by atoms with E-state index in [2.05, 4.69) is 5.32 Å². The average molecular weight is 267 g/mol. The van der Waals surface area contributed by atoms with Gasteiger partial charge in [0.1, 0.15) is 0 Å². The highest BCUT2D eigenvalue weighted by molar-refractivity contribution is 5.77. The van der Waals surface area contributed by atoms with E-state index in [1.807, 2.05) is 20.8 Å². The van der Waals surface area contributed by atoms with Crippen LogP contribution in [0.25, 0.3) is 0 Å². The smallest absolute Gasteiger partial charge is 0.313 e. The van der Waals surface area contributed by atoms with Gasteiger partial charge in [-0.05, 0) is 52.4 Å². The Morgan fingerprint density at radius 1 is 1.16 bits per heavy atom. The van der Waals surface area contributed by atoms with Crippen molar-refractivity contribution in [2.24, 2.45) is 11.3 Å². The van der Waals surface area contributed by atoms with E-state index in [4.69, 9.17) is 4.74 Å². The van der Waals surface area contributed by atoms with Crippen molar-refractivity contribution in [2.45, 2.75) is 77.8 Å². The molecule has 2 rings (SSSR count). The fourth-order valence-electron chi connectivity index (χ4n) is 3.71. The molecule has 2 aliphatic rings. The molecule has 1 heterocycles. The summed E-state index contributed by atoms with van der Waals surface area (Å²) in [5.41, 5.74) is -0.403. The van der Waals surface area contributed by atoms with Gasteiger partial charge in [-0.25, -0.2) is 0 Å². The van der Waals surface area contributed by atoms with Crippen LogP contribution in [0.2, 0.25) is 0 Å². The molecule has 0 aromatic rings. The molecule has 2 fully saturated rings. The maximum Gasteiger partial charge on any atom is 0.313 e. The van der Waals surface area contributed by atoms with Crippen molar-refractivity contribution in [3.8, 4) is 0 Å². The molecule has 19 heavy (non-hydrogen) atoms. The van der Waals surface area contributed by atoms with E-state index < -0.39 is 5.41 Å². The third-order valence-electron chi connectivity index (χ3n) is 5.07. The largest absolute Gasteiger partial charge is 0.466 e. The Morgan fingerprint density at radius 2 is 1.84 bits per heavy atom. The highest BCUT2D eigenvalue weighted by atomic mass is 16.5. The summed E-state index contributed by atoms with van der Waals surface area (Å²) >= 11 is 0. The topological polar surface area (TPSA) is 38.3 Å². The lowest BCUT2D eigenvalue weighted by molar-refractivity contribution is -0.155. The fraction of sp³-hybridized carbons (Fsp3) is 0.938. The Balaban J connectivity index is 1.91. The van der Waals surface area contributed by atoms with Crippen LogP contribution in [-0.2, 0) is 9.53 Å². The number of carbonyl (C=O) groups excluding carboxylic acids is 1. The van der Waals surface area contributed by atoms with Gasteiger partial charge in [-0.3, -0.25) is 4.79 Å². The van der Waals surface area contributed by atoms with Crippen molar-refractivity contribution in [3.63, 3.8) is 0 Å². The molecule has 0 unspecified atom stereocenters. The molecule has 0 aromatic carbocycles. The van der Waals surface area contributed by atoms with Gasteiger partial charge in [0.25, 0.3) is 0 Å². The zero-order valence-corrected chi connectivity index (χ0v) is 12.7. The number of carbonyl (C=O) groups is 1. The van der Waals surface area contributed by atoms with E-state index in [0.717, 1.165) is 12.3 Å². The number of esters is 1. The third-order valence-corrected chi connectivity index (χ3v) is 5.07. The predicted molar refractivity (Wildman–Crippen MR) is 76.9 cm³/mol. The Hall–Kier alpha value is -0.570. The van der Waals surface area contributed by atoms with Crippen LogP contribution < -0.4 is 5.32 Å². The van der Waals surface area contributed by atoms with Gasteiger partial charge in [0, 0.05) is 12.1 Å². The summed E-state index contributed by atoms with van der Waals surface area (Å²) in [6, 6.07) is 0.900. The molecular formula is C16H29NO2. The lowest BCUT2D eigenvalue weighted by Crippen LogP contribution is -2.47. The van der Waals surface area contributed by atoms with Crippen LogP contribution in [0.4, 0.5) is 0 Å². The number of ether oxygens (including phenoxy) is 1.